The first-order chi connectivity index (χ1) is 56.9. The van der Waals surface area contributed by atoms with Gasteiger partial charge in [-0.05, 0) is 89.8 Å². The van der Waals surface area contributed by atoms with Crippen molar-refractivity contribution in [1.29, 1.82) is 0 Å². The zero-order valence-electron chi connectivity index (χ0n) is 62.8. The maximum Gasteiger partial charge on any atom is 0.405 e. The number of aromatic amines is 4. The smallest absolute Gasteiger partial charge is 0.356 e. The molecule has 2 fully saturated rings. The Hall–Kier alpha value is -12.3. The lowest BCUT2D eigenvalue weighted by Crippen LogP contribution is -2.50. The molecule has 2 aliphatic rings. The highest BCUT2D eigenvalue weighted by Crippen LogP contribution is 2.38. The second kappa shape index (κ2) is 35.6. The highest BCUT2D eigenvalue weighted by Gasteiger charge is 2.40. The quantitative estimate of drug-likeness (QED) is 0.0357. The molecule has 0 unspecified atom stereocenters. The Bertz CT molecular complexity index is 5880. The number of benzene rings is 1. The van der Waals surface area contributed by atoms with Crippen LogP contribution in [0.5, 0.6) is 0 Å². The standard InChI is InChI=1S/C21H18ClF3N6O.2C18H15ClF4N6O.C17H15ClF4N6O.5H2/c1-20(2,19(32)28-10-21(23,24)25)31-18-12-5-3-4-6-15(12)29-17(30-18)14-9-27-16-13(14)7-11(22)8-26-16;2*19-9-4-10-11(6-25-14(10)24-5-9)15-26-7-12(20)16(28-15)29-3-1-2-13(29)17(30)27-8-18(21,22)23;1-16(2,15(29)26-7-17(20,21)22)28-14-11(19)6-25-13(27-14)10-5-24-12-9(10)3-8(18)4-23-12;;;;;/h3-9H,10H2,1-2H3,(H,26,27)(H,28,32)(H,29,30,31);2*4-7,13H,1-3,8H2,(H,24,25)(H,27,30);3-6H,7H2,1-2H3,(H,23,24)(H,26,29)(H,25,27,28);5*1H/t;2*13-;;;;;;/m.10....../s1. The third-order valence-electron chi connectivity index (χ3n) is 18.2. The van der Waals surface area contributed by atoms with Crippen LogP contribution in [0.2, 0.25) is 20.1 Å². The molecule has 2 atom stereocenters. The van der Waals surface area contributed by atoms with Gasteiger partial charge in [0, 0.05) is 119 Å². The number of alkyl halides is 12. The van der Waals surface area contributed by atoms with E-state index in [0.29, 0.717) is 122 Å². The van der Waals surface area contributed by atoms with Gasteiger partial charge >= 0.3 is 24.7 Å². The molecule has 121 heavy (non-hydrogen) atoms. The van der Waals surface area contributed by atoms with Crippen molar-refractivity contribution in [2.24, 2.45) is 0 Å². The number of nitrogens with zero attached hydrogens (tertiary/aromatic N) is 14. The number of carbonyl (C=O) groups is 4. The van der Waals surface area contributed by atoms with Gasteiger partial charge in [-0.25, -0.2) is 73.0 Å². The van der Waals surface area contributed by atoms with Crippen LogP contribution in [0.1, 0.15) is 60.5 Å². The summed E-state index contributed by atoms with van der Waals surface area (Å²) in [5.41, 5.74) is 1.99. The van der Waals surface area contributed by atoms with Crippen LogP contribution in [-0.2, 0) is 19.2 Å². The van der Waals surface area contributed by atoms with Gasteiger partial charge in [-0.15, -0.1) is 0 Å². The zero-order chi connectivity index (χ0) is 87.4. The minimum Gasteiger partial charge on any atom is -0.356 e. The molecule has 14 heterocycles. The van der Waals surface area contributed by atoms with E-state index in [1.54, 1.807) is 78.6 Å². The summed E-state index contributed by atoms with van der Waals surface area (Å²) >= 11 is 24.1. The normalized spacial score (nSPS) is 14.6. The van der Waals surface area contributed by atoms with Gasteiger partial charge in [-0.3, -0.25) is 19.2 Å². The topological polar surface area (TPSA) is 365 Å². The van der Waals surface area contributed by atoms with Crippen LogP contribution < -0.4 is 41.7 Å². The van der Waals surface area contributed by atoms with Gasteiger partial charge in [0.05, 0.1) is 44.2 Å². The Labute approximate surface area is 699 Å². The molecule has 0 radical (unpaired) electrons. The number of aromatic nitrogens is 16. The number of nitrogens with one attached hydrogen (secondary N) is 10. The summed E-state index contributed by atoms with van der Waals surface area (Å²) in [5.74, 6) is -5.40. The zero-order valence-corrected chi connectivity index (χ0v) is 65.8. The van der Waals surface area contributed by atoms with E-state index in [1.807, 2.05) is 16.0 Å². The summed E-state index contributed by atoms with van der Waals surface area (Å²) in [6, 6.07) is 11.9. The molecule has 1 aromatic carbocycles. The van der Waals surface area contributed by atoms with E-state index in [-0.39, 0.29) is 68.0 Å². The van der Waals surface area contributed by atoms with Crippen LogP contribution in [0.15, 0.2) is 117 Å². The fraction of sp³-hybridized carbons (Fsp3) is 0.297. The van der Waals surface area contributed by atoms with Crippen molar-refractivity contribution in [2.45, 2.75) is 101 Å². The second-order valence-electron chi connectivity index (χ2n) is 28.0. The maximum atomic E-state index is 14.5. The molecule has 0 saturated carbocycles. The van der Waals surface area contributed by atoms with Gasteiger partial charge < -0.3 is 61.6 Å². The summed E-state index contributed by atoms with van der Waals surface area (Å²) in [4.78, 5) is 114. The van der Waals surface area contributed by atoms with Gasteiger partial charge in [0.25, 0.3) is 0 Å². The number of hydrogen-bond acceptors (Lipinski definition) is 20. The summed E-state index contributed by atoms with van der Waals surface area (Å²) in [6.07, 6.45) is -1.35. The predicted molar refractivity (Wildman–Crippen MR) is 429 cm³/mol. The van der Waals surface area contributed by atoms with Crippen molar-refractivity contribution in [2.75, 3.05) is 59.7 Å². The monoisotopic (exact) mass is 1790 g/mol. The van der Waals surface area contributed by atoms with Gasteiger partial charge in [-0.1, -0.05) is 58.5 Å². The highest BCUT2D eigenvalue weighted by molar-refractivity contribution is 6.32. The third-order valence-corrected chi connectivity index (χ3v) is 19.1. The number of hydrogen-bond donors (Lipinski definition) is 10. The first-order valence-corrected chi connectivity index (χ1v) is 37.3. The van der Waals surface area contributed by atoms with Crippen molar-refractivity contribution in [3.63, 3.8) is 0 Å². The fourth-order valence-corrected chi connectivity index (χ4v) is 13.2. The van der Waals surface area contributed by atoms with Gasteiger partial charge in [0.15, 0.2) is 58.2 Å². The fourth-order valence-electron chi connectivity index (χ4n) is 12.6. The van der Waals surface area contributed by atoms with Crippen LogP contribution in [-0.4, -0.2) is 191 Å². The van der Waals surface area contributed by atoms with Crippen molar-refractivity contribution >= 4 is 148 Å². The molecule has 4 amide bonds. The minimum atomic E-state index is -4.57. The molecular weight excluding hydrogens is 1720 g/mol. The van der Waals surface area contributed by atoms with Gasteiger partial charge in [0.2, 0.25) is 23.6 Å². The van der Waals surface area contributed by atoms with Crippen LogP contribution in [0.3, 0.4) is 0 Å². The minimum absolute atomic E-state index is 0. The van der Waals surface area contributed by atoms with E-state index in [2.05, 4.69) is 90.4 Å². The molecule has 2 aliphatic heterocycles. The lowest BCUT2D eigenvalue weighted by atomic mass is 10.0. The number of para-hydroxylation sites is 1. The Morgan fingerprint density at radius 2 is 0.736 bits per heavy atom. The Morgan fingerprint density at radius 3 is 1.11 bits per heavy atom. The lowest BCUT2D eigenvalue weighted by Gasteiger charge is -2.26. The summed E-state index contributed by atoms with van der Waals surface area (Å²) < 4.78 is 192. The van der Waals surface area contributed by atoms with Crippen LogP contribution in [0.25, 0.3) is 101 Å². The van der Waals surface area contributed by atoms with E-state index in [4.69, 9.17) is 46.4 Å². The molecule has 646 valence electrons. The summed E-state index contributed by atoms with van der Waals surface area (Å²) in [5, 5.41) is 17.7. The van der Waals surface area contributed by atoms with Crippen LogP contribution in [0.4, 0.5) is 89.1 Å². The van der Waals surface area contributed by atoms with E-state index in [1.165, 1.54) is 62.3 Å². The summed E-state index contributed by atoms with van der Waals surface area (Å²) in [7, 11) is 0. The Kier molecular flexibility index (Phi) is 25.9. The van der Waals surface area contributed by atoms with Gasteiger partial charge in [-0.2, -0.15) is 52.7 Å². The molecule has 0 spiro atoms. The number of rotatable bonds is 18. The van der Waals surface area contributed by atoms with Crippen molar-refractivity contribution in [3.8, 4) is 45.6 Å². The van der Waals surface area contributed by atoms with Crippen LogP contribution >= 0.6 is 46.4 Å². The number of pyridine rings is 4. The molecule has 28 nitrogen and oxygen atoms in total. The molecule has 0 bridgehead atoms. The number of H-pyrrole nitrogens is 4. The molecule has 13 aromatic rings. The Morgan fingerprint density at radius 1 is 0.413 bits per heavy atom. The SMILES string of the molecule is CC(C)(Nc1nc(-c2c[nH]c3ncc(Cl)cc23)nc2ccccc12)C(=O)NCC(F)(F)F.CC(C)(Nc1nc(-c2c[nH]c3ncc(Cl)cc23)ncc1F)C(=O)NCC(F)(F)F.O=C(NCC(F)(F)F)[C@@H]1CCCN1c1nc(-c2c[nH]c3ncc(Cl)cc23)ncc1F.O=C(NCC(F)(F)F)[C@H]1CCCN1c1nc(-c2c[nH]c3ncc(Cl)cc23)ncc1F.[HH].[HH].[HH].[HH].[HH]. The predicted octanol–water partition coefficient (Wildman–Crippen LogP) is 16.5. The van der Waals surface area contributed by atoms with E-state index < -0.39 is 115 Å². The number of amides is 4. The average molecular weight is 1790 g/mol. The first-order valence-electron chi connectivity index (χ1n) is 35.8. The average Bonchev–Trinajstić information content (AvgIpc) is 1.55. The van der Waals surface area contributed by atoms with Gasteiger partial charge in [0.1, 0.15) is 77.7 Å². The highest BCUT2D eigenvalue weighted by atomic mass is 35.5. The van der Waals surface area contributed by atoms with E-state index in [0.717, 1.165) is 18.6 Å². The van der Waals surface area contributed by atoms with Crippen molar-refractivity contribution < 1.29 is 92.2 Å². The number of carbonyl (C=O) groups excluding carboxylic acids is 4. The largest absolute Gasteiger partial charge is 0.405 e. The van der Waals surface area contributed by atoms with E-state index >= 15 is 0 Å². The van der Waals surface area contributed by atoms with Crippen molar-refractivity contribution in [1.82, 2.24) is 101 Å². The molecule has 15 rings (SSSR count). The maximum absolute atomic E-state index is 14.5. The van der Waals surface area contributed by atoms with E-state index in [9.17, 15) is 85.0 Å². The molecule has 10 N–H and O–H groups in total. The Balaban J connectivity index is 0.000000228. The summed E-state index contributed by atoms with van der Waals surface area (Å²) in [6.45, 7) is 0.290. The number of halogens is 19. The molecule has 12 aromatic heterocycles. The number of anilines is 4. The first kappa shape index (κ1) is 88.0. The van der Waals surface area contributed by atoms with Crippen LogP contribution in [0, 0.1) is 17.5 Å². The molecular formula is C74H73Cl4F15N24O4. The number of fused-ring (bicyclic) bond motifs is 5. The second-order valence-corrected chi connectivity index (χ2v) is 29.8. The lowest BCUT2D eigenvalue weighted by molar-refractivity contribution is -0.140. The molecule has 47 heteroatoms. The molecule has 2 saturated heterocycles. The molecule has 0 aliphatic carbocycles. The van der Waals surface area contributed by atoms with Crippen molar-refractivity contribution in [3.05, 3.63) is 154 Å². The third kappa shape index (κ3) is 21.7.